The third-order valence-electron chi connectivity index (χ3n) is 3.71. The van der Waals surface area contributed by atoms with Crippen LogP contribution in [0.4, 0.5) is 0 Å². The first-order chi connectivity index (χ1) is 9.54. The van der Waals surface area contributed by atoms with Crippen LogP contribution in [0.2, 0.25) is 0 Å². The van der Waals surface area contributed by atoms with Crippen molar-refractivity contribution in [1.29, 1.82) is 0 Å². The maximum absolute atomic E-state index is 12.3. The van der Waals surface area contributed by atoms with Crippen LogP contribution in [-0.4, -0.2) is 29.6 Å². The highest BCUT2D eigenvalue weighted by Gasteiger charge is 2.36. The molecule has 0 unspecified atom stereocenters. The molecule has 1 aromatic rings. The van der Waals surface area contributed by atoms with Crippen LogP contribution in [0, 0.1) is 0 Å². The van der Waals surface area contributed by atoms with Gasteiger partial charge in [-0.25, -0.2) is 0 Å². The molecule has 1 saturated carbocycles. The first-order valence-electron chi connectivity index (χ1n) is 6.71. The number of methoxy groups -OCH3 is 1. The Morgan fingerprint density at radius 1 is 1.40 bits per heavy atom. The predicted molar refractivity (Wildman–Crippen MR) is 76.4 cm³/mol. The molecule has 0 atom stereocenters. The summed E-state index contributed by atoms with van der Waals surface area (Å²) in [6.45, 7) is 0. The molecular weight excluding hydrogens is 278 g/mol. The Balaban J connectivity index is 2.10. The van der Waals surface area contributed by atoms with Crippen molar-refractivity contribution < 1.29 is 19.4 Å². The molecule has 5 nitrogen and oxygen atoms in total. The van der Waals surface area contributed by atoms with Gasteiger partial charge < -0.3 is 15.2 Å². The number of hydrogen-bond donors (Lipinski definition) is 2. The molecule has 6 heteroatoms. The Kier molecular flexibility index (Phi) is 4.65. The van der Waals surface area contributed by atoms with E-state index in [4.69, 9.17) is 9.84 Å². The number of nitrogens with one attached hydrogen (secondary N) is 1. The quantitative estimate of drug-likeness (QED) is 0.876. The fourth-order valence-electron chi connectivity index (χ4n) is 2.71. The number of ether oxygens (including phenoxy) is 1. The highest BCUT2D eigenvalue weighted by Crippen LogP contribution is 2.32. The Morgan fingerprint density at radius 3 is 2.65 bits per heavy atom. The highest BCUT2D eigenvalue weighted by molar-refractivity contribution is 7.12. The number of carboxylic acids is 1. The molecule has 0 spiro atoms. The van der Waals surface area contributed by atoms with E-state index in [0.29, 0.717) is 10.6 Å². The minimum atomic E-state index is -0.865. The molecule has 0 bridgehead atoms. The summed E-state index contributed by atoms with van der Waals surface area (Å²) in [5.74, 6) is -0.423. The van der Waals surface area contributed by atoms with Crippen molar-refractivity contribution in [1.82, 2.24) is 5.32 Å². The van der Waals surface area contributed by atoms with Crippen LogP contribution in [0.5, 0.6) is 5.75 Å². The zero-order chi connectivity index (χ0) is 14.6. The van der Waals surface area contributed by atoms with Crippen molar-refractivity contribution in [2.24, 2.45) is 0 Å². The molecule has 1 amide bonds. The first-order valence-corrected chi connectivity index (χ1v) is 7.59. The van der Waals surface area contributed by atoms with Crippen molar-refractivity contribution in [2.45, 2.75) is 44.1 Å². The minimum Gasteiger partial charge on any atom is -0.496 e. The van der Waals surface area contributed by atoms with Crippen molar-refractivity contribution in [3.8, 4) is 5.75 Å². The topological polar surface area (TPSA) is 75.6 Å². The number of rotatable bonds is 5. The molecule has 2 rings (SSSR count). The van der Waals surface area contributed by atoms with Gasteiger partial charge in [0.05, 0.1) is 23.9 Å². The van der Waals surface area contributed by atoms with E-state index in [1.165, 1.54) is 11.3 Å². The zero-order valence-electron chi connectivity index (χ0n) is 11.5. The van der Waals surface area contributed by atoms with E-state index >= 15 is 0 Å². The second kappa shape index (κ2) is 6.26. The molecule has 1 aliphatic rings. The second-order valence-electron chi connectivity index (χ2n) is 5.22. The van der Waals surface area contributed by atoms with Gasteiger partial charge in [0.25, 0.3) is 5.91 Å². The van der Waals surface area contributed by atoms with E-state index < -0.39 is 11.5 Å². The van der Waals surface area contributed by atoms with Crippen molar-refractivity contribution in [3.05, 3.63) is 16.3 Å². The average molecular weight is 297 g/mol. The first kappa shape index (κ1) is 14.8. The second-order valence-corrected chi connectivity index (χ2v) is 6.13. The highest BCUT2D eigenvalue weighted by atomic mass is 32.1. The van der Waals surface area contributed by atoms with E-state index in [-0.39, 0.29) is 12.3 Å². The lowest BCUT2D eigenvalue weighted by Crippen LogP contribution is -2.50. The van der Waals surface area contributed by atoms with Crippen LogP contribution in [-0.2, 0) is 4.79 Å². The average Bonchev–Trinajstić information content (AvgIpc) is 2.87. The molecule has 0 aliphatic heterocycles. The summed E-state index contributed by atoms with van der Waals surface area (Å²) in [5.41, 5.74) is -0.599. The summed E-state index contributed by atoms with van der Waals surface area (Å²) in [6, 6.07) is 1.68. The summed E-state index contributed by atoms with van der Waals surface area (Å²) >= 11 is 1.30. The lowest BCUT2D eigenvalue weighted by atomic mass is 9.79. The molecule has 0 saturated heterocycles. The maximum atomic E-state index is 12.3. The van der Waals surface area contributed by atoms with Gasteiger partial charge in [-0.3, -0.25) is 9.59 Å². The summed E-state index contributed by atoms with van der Waals surface area (Å²) in [6.07, 6.45) is 4.47. The molecule has 0 radical (unpaired) electrons. The van der Waals surface area contributed by atoms with Crippen molar-refractivity contribution in [2.75, 3.05) is 7.11 Å². The largest absolute Gasteiger partial charge is 0.496 e. The SMILES string of the molecule is COc1csc(C(=O)NC2(CC(=O)O)CCCCC2)c1. The summed E-state index contributed by atoms with van der Waals surface area (Å²) in [4.78, 5) is 23.9. The van der Waals surface area contributed by atoms with E-state index in [0.717, 1.165) is 32.1 Å². The number of carbonyl (C=O) groups excluding carboxylic acids is 1. The monoisotopic (exact) mass is 297 g/mol. The number of aliphatic carboxylic acids is 1. The van der Waals surface area contributed by atoms with Gasteiger partial charge in [0, 0.05) is 11.4 Å². The van der Waals surface area contributed by atoms with Crippen LogP contribution < -0.4 is 10.1 Å². The Bertz CT molecular complexity index is 491. The summed E-state index contributed by atoms with van der Waals surface area (Å²) in [7, 11) is 1.55. The van der Waals surface area contributed by atoms with Gasteiger partial charge >= 0.3 is 5.97 Å². The molecule has 1 aliphatic carbocycles. The van der Waals surface area contributed by atoms with Gasteiger partial charge in [0.2, 0.25) is 0 Å². The third kappa shape index (κ3) is 3.50. The van der Waals surface area contributed by atoms with Crippen molar-refractivity contribution >= 4 is 23.2 Å². The van der Waals surface area contributed by atoms with E-state index in [2.05, 4.69) is 5.32 Å². The Morgan fingerprint density at radius 2 is 2.10 bits per heavy atom. The number of carbonyl (C=O) groups is 2. The van der Waals surface area contributed by atoms with Crippen LogP contribution in [0.3, 0.4) is 0 Å². The summed E-state index contributed by atoms with van der Waals surface area (Å²) < 4.78 is 5.06. The molecule has 2 N–H and O–H groups in total. The minimum absolute atomic E-state index is 0.0126. The lowest BCUT2D eigenvalue weighted by Gasteiger charge is -2.36. The van der Waals surface area contributed by atoms with Gasteiger partial charge in [0.1, 0.15) is 5.75 Å². The molecule has 1 fully saturated rings. The molecule has 1 heterocycles. The zero-order valence-corrected chi connectivity index (χ0v) is 12.3. The van der Waals surface area contributed by atoms with E-state index in [1.54, 1.807) is 18.6 Å². The normalized spacial score (nSPS) is 17.4. The van der Waals surface area contributed by atoms with Gasteiger partial charge in [-0.05, 0) is 12.8 Å². The lowest BCUT2D eigenvalue weighted by molar-refractivity contribution is -0.139. The van der Waals surface area contributed by atoms with Gasteiger partial charge in [-0.1, -0.05) is 19.3 Å². The smallest absolute Gasteiger partial charge is 0.305 e. The number of hydrogen-bond acceptors (Lipinski definition) is 4. The van der Waals surface area contributed by atoms with Crippen LogP contribution >= 0.6 is 11.3 Å². The van der Waals surface area contributed by atoms with Crippen molar-refractivity contribution in [3.63, 3.8) is 0 Å². The molecule has 20 heavy (non-hydrogen) atoms. The number of carboxylic acid groups (broad SMARTS) is 1. The standard InChI is InChI=1S/C14H19NO4S/c1-19-10-7-11(20-9-10)13(18)15-14(8-12(16)17)5-3-2-4-6-14/h7,9H,2-6,8H2,1H3,(H,15,18)(H,16,17). The Hall–Kier alpha value is -1.56. The third-order valence-corrected chi connectivity index (χ3v) is 4.62. The van der Waals surface area contributed by atoms with Gasteiger partial charge in [-0.15, -0.1) is 11.3 Å². The van der Waals surface area contributed by atoms with Crippen LogP contribution in [0.15, 0.2) is 11.4 Å². The van der Waals surface area contributed by atoms with E-state index in [1.807, 2.05) is 0 Å². The maximum Gasteiger partial charge on any atom is 0.305 e. The van der Waals surface area contributed by atoms with Crippen LogP contribution in [0.1, 0.15) is 48.2 Å². The fourth-order valence-corrected chi connectivity index (χ4v) is 3.46. The number of amides is 1. The van der Waals surface area contributed by atoms with Crippen LogP contribution in [0.25, 0.3) is 0 Å². The predicted octanol–water partition coefficient (Wildman–Crippen LogP) is 2.66. The Labute approximate surface area is 121 Å². The molecule has 110 valence electrons. The molecule has 1 aromatic heterocycles. The molecule has 0 aromatic carbocycles. The summed E-state index contributed by atoms with van der Waals surface area (Å²) in [5, 5.41) is 13.8. The molecular formula is C14H19NO4S. The fraction of sp³-hybridized carbons (Fsp3) is 0.571. The van der Waals surface area contributed by atoms with Gasteiger partial charge in [-0.2, -0.15) is 0 Å². The van der Waals surface area contributed by atoms with Gasteiger partial charge in [0.15, 0.2) is 0 Å². The van der Waals surface area contributed by atoms with E-state index in [9.17, 15) is 9.59 Å². The number of thiophene rings is 1.